The van der Waals surface area contributed by atoms with Crippen LogP contribution in [0.25, 0.3) is 0 Å². The number of amides is 2. The molecule has 1 aromatic carbocycles. The summed E-state index contributed by atoms with van der Waals surface area (Å²) in [4.78, 5) is 31.2. The van der Waals surface area contributed by atoms with Crippen molar-refractivity contribution in [3.63, 3.8) is 0 Å². The Balaban J connectivity index is 0.00000256. The van der Waals surface area contributed by atoms with E-state index in [0.29, 0.717) is 22.3 Å². The van der Waals surface area contributed by atoms with Gasteiger partial charge in [-0.2, -0.15) is 18.6 Å². The predicted octanol–water partition coefficient (Wildman–Crippen LogP) is 4.31. The molecule has 0 fully saturated rings. The fourth-order valence-electron chi connectivity index (χ4n) is 3.14. The number of halogens is 3. The van der Waals surface area contributed by atoms with Crippen molar-refractivity contribution in [3.05, 3.63) is 69.8 Å². The zero-order valence-corrected chi connectivity index (χ0v) is 18.1. The van der Waals surface area contributed by atoms with Gasteiger partial charge in [-0.1, -0.05) is 23.2 Å². The summed E-state index contributed by atoms with van der Waals surface area (Å²) in [6.07, 6.45) is 2.32. The first-order valence-electron chi connectivity index (χ1n) is 8.62. The van der Waals surface area contributed by atoms with Crippen molar-refractivity contribution in [2.45, 2.75) is 13.0 Å². The Hall–Kier alpha value is -2.62. The maximum atomic E-state index is 13.2. The Morgan fingerprint density at radius 2 is 1.97 bits per heavy atom. The first-order chi connectivity index (χ1) is 13.8. The third-order valence-corrected chi connectivity index (χ3v) is 5.27. The number of carbonyl (C=O) groups is 2. The van der Waals surface area contributed by atoms with Gasteiger partial charge in [0.05, 0.1) is 34.0 Å². The summed E-state index contributed by atoms with van der Waals surface area (Å²) >= 11 is 12.1. The number of aromatic nitrogens is 3. The monoisotopic (exact) mass is 467 g/mol. The lowest BCUT2D eigenvalue weighted by Gasteiger charge is -2.32. The third kappa shape index (κ3) is 4.00. The number of carbonyl (C=O) groups excluding carboxylic acids is 2. The molecule has 0 unspecified atom stereocenters. The molecule has 7 nitrogen and oxygen atoms in total. The number of fused-ring (bicyclic) bond motifs is 1. The molecule has 3 aromatic rings. The number of nitrogens with one attached hydrogen (secondary N) is 1. The quantitative estimate of drug-likeness (QED) is 0.622. The zero-order valence-electron chi connectivity index (χ0n) is 15.6. The van der Waals surface area contributed by atoms with Crippen molar-refractivity contribution in [2.24, 2.45) is 0 Å². The van der Waals surface area contributed by atoms with E-state index >= 15 is 0 Å². The minimum absolute atomic E-state index is 0. The number of benzene rings is 1. The fraction of sp³-hybridized carbons (Fsp3) is 0.158. The van der Waals surface area contributed by atoms with E-state index in [1.54, 1.807) is 18.2 Å². The molecule has 2 aromatic heterocycles. The number of anilines is 2. The van der Waals surface area contributed by atoms with E-state index < -0.39 is 17.6 Å². The van der Waals surface area contributed by atoms with Gasteiger partial charge in [0.25, 0.3) is 11.8 Å². The number of hydrogen-bond acceptors (Lipinski definition) is 4. The van der Waals surface area contributed by atoms with Crippen molar-refractivity contribution in [1.29, 1.82) is 0 Å². The van der Waals surface area contributed by atoms with Gasteiger partial charge in [-0.15, -0.1) is 0 Å². The van der Waals surface area contributed by atoms with Crippen molar-refractivity contribution in [2.75, 3.05) is 16.8 Å². The Labute approximate surface area is 188 Å². The van der Waals surface area contributed by atoms with E-state index in [1.807, 2.05) is 6.92 Å². The van der Waals surface area contributed by atoms with Crippen molar-refractivity contribution >= 4 is 60.0 Å². The molecule has 0 radical (unpaired) electrons. The average Bonchev–Trinajstić information content (AvgIpc) is 3.15. The number of pyridine rings is 1. The predicted molar refractivity (Wildman–Crippen MR) is 118 cm³/mol. The molecule has 11 heteroatoms. The summed E-state index contributed by atoms with van der Waals surface area (Å²) in [6.45, 7) is 2.24. The molecule has 0 saturated heterocycles. The fourth-order valence-corrected chi connectivity index (χ4v) is 3.43. The molecule has 4 rings (SSSR count). The van der Waals surface area contributed by atoms with Crippen LogP contribution in [0.15, 0.2) is 42.7 Å². The molecule has 1 aliphatic rings. The van der Waals surface area contributed by atoms with Crippen LogP contribution >= 0.6 is 36.7 Å². The summed E-state index contributed by atoms with van der Waals surface area (Å²) in [5, 5.41) is 7.46. The van der Waals surface area contributed by atoms with E-state index in [9.17, 15) is 14.0 Å². The van der Waals surface area contributed by atoms with E-state index in [4.69, 9.17) is 23.2 Å². The Morgan fingerprint density at radius 3 is 2.63 bits per heavy atom. The molecule has 0 spiro atoms. The number of hydrogen-bond donors (Lipinski definition) is 1. The van der Waals surface area contributed by atoms with Gasteiger partial charge in [0.1, 0.15) is 17.3 Å². The maximum Gasteiger partial charge on any atom is 0.277 e. The minimum Gasteiger partial charge on any atom is -0.306 e. The van der Waals surface area contributed by atoms with Crippen LogP contribution in [0.4, 0.5) is 15.9 Å². The molecule has 0 saturated carbocycles. The Bertz CT molecular complexity index is 1120. The molecule has 1 aliphatic heterocycles. The molecule has 0 aliphatic carbocycles. The molecular formula is C19H16Cl2FN5O2S. The van der Waals surface area contributed by atoms with Crippen molar-refractivity contribution in [1.82, 2.24) is 14.8 Å². The molecule has 3 heterocycles. The van der Waals surface area contributed by atoms with Crippen LogP contribution in [0.5, 0.6) is 0 Å². The number of nitrogens with zero attached hydrogens (tertiary/aromatic N) is 4. The topological polar surface area (TPSA) is 80.1 Å². The lowest BCUT2D eigenvalue weighted by atomic mass is 10.1. The SMILES string of the molecule is C[C@H]1CN(c2ccc(Cl)c(Cl)c2)C(=O)c2c(C(=O)Nc3ccc(F)cn3)cnn21.S. The summed E-state index contributed by atoms with van der Waals surface area (Å²) in [5.41, 5.74) is 0.808. The summed E-state index contributed by atoms with van der Waals surface area (Å²) < 4.78 is 14.5. The van der Waals surface area contributed by atoms with Crippen LogP contribution in [0.3, 0.4) is 0 Å². The van der Waals surface area contributed by atoms with Gasteiger partial charge in [-0.3, -0.25) is 14.3 Å². The van der Waals surface area contributed by atoms with Gasteiger partial charge < -0.3 is 10.2 Å². The second-order valence-electron chi connectivity index (χ2n) is 6.53. The molecule has 2 amide bonds. The van der Waals surface area contributed by atoms with E-state index in [-0.39, 0.29) is 36.6 Å². The smallest absolute Gasteiger partial charge is 0.277 e. The lowest BCUT2D eigenvalue weighted by Crippen LogP contribution is -2.43. The third-order valence-electron chi connectivity index (χ3n) is 4.54. The van der Waals surface area contributed by atoms with Crippen molar-refractivity contribution in [3.8, 4) is 0 Å². The molecule has 1 atom stereocenters. The highest BCUT2D eigenvalue weighted by atomic mass is 35.5. The van der Waals surface area contributed by atoms with Crippen LogP contribution in [0, 0.1) is 5.82 Å². The first-order valence-corrected chi connectivity index (χ1v) is 9.38. The molecule has 1 N–H and O–H groups in total. The standard InChI is InChI=1S/C19H14Cl2FN5O2.H2S/c1-10-9-26(12-3-4-14(20)15(21)6-12)19(29)17-13(8-24-27(10)17)18(28)25-16-5-2-11(22)7-23-16;/h2-8,10H,9H2,1H3,(H,23,25,28);1H2/t10-;/m0./s1. The minimum atomic E-state index is -0.568. The van der Waals surface area contributed by atoms with Gasteiger partial charge in [0, 0.05) is 12.2 Å². The van der Waals surface area contributed by atoms with Crippen LogP contribution in [0.2, 0.25) is 10.0 Å². The van der Waals surface area contributed by atoms with E-state index in [0.717, 1.165) is 6.20 Å². The molecular weight excluding hydrogens is 452 g/mol. The highest BCUT2D eigenvalue weighted by Gasteiger charge is 2.35. The van der Waals surface area contributed by atoms with Crippen LogP contribution < -0.4 is 10.2 Å². The lowest BCUT2D eigenvalue weighted by molar-refractivity contribution is 0.0939. The Morgan fingerprint density at radius 1 is 1.20 bits per heavy atom. The first kappa shape index (κ1) is 22.1. The second kappa shape index (κ2) is 8.63. The Kier molecular flexibility index (Phi) is 6.35. The highest BCUT2D eigenvalue weighted by molar-refractivity contribution is 7.59. The number of rotatable bonds is 3. The maximum absolute atomic E-state index is 13.2. The van der Waals surface area contributed by atoms with Crippen LogP contribution in [0.1, 0.15) is 33.8 Å². The van der Waals surface area contributed by atoms with E-state index in [1.165, 1.54) is 27.9 Å². The molecule has 156 valence electrons. The normalized spacial score (nSPS) is 15.4. The molecule has 0 bridgehead atoms. The average molecular weight is 468 g/mol. The van der Waals surface area contributed by atoms with Gasteiger partial charge in [-0.25, -0.2) is 9.37 Å². The van der Waals surface area contributed by atoms with Gasteiger partial charge in [0.15, 0.2) is 0 Å². The second-order valence-corrected chi connectivity index (χ2v) is 7.34. The van der Waals surface area contributed by atoms with Crippen LogP contribution in [-0.2, 0) is 0 Å². The van der Waals surface area contributed by atoms with E-state index in [2.05, 4.69) is 15.4 Å². The van der Waals surface area contributed by atoms with Gasteiger partial charge >= 0.3 is 0 Å². The summed E-state index contributed by atoms with van der Waals surface area (Å²) in [5.74, 6) is -1.32. The van der Waals surface area contributed by atoms with Gasteiger partial charge in [-0.05, 0) is 37.3 Å². The van der Waals surface area contributed by atoms with Crippen LogP contribution in [-0.4, -0.2) is 33.1 Å². The van der Waals surface area contributed by atoms with Crippen molar-refractivity contribution < 1.29 is 14.0 Å². The summed E-state index contributed by atoms with van der Waals surface area (Å²) in [6, 6.07) is 7.22. The summed E-state index contributed by atoms with van der Waals surface area (Å²) in [7, 11) is 0. The van der Waals surface area contributed by atoms with Gasteiger partial charge in [0.2, 0.25) is 0 Å². The largest absolute Gasteiger partial charge is 0.306 e. The highest BCUT2D eigenvalue weighted by Crippen LogP contribution is 2.32. The zero-order chi connectivity index (χ0) is 20.7. The molecule has 30 heavy (non-hydrogen) atoms.